The quantitative estimate of drug-likeness (QED) is 0.776. The number of methoxy groups -OCH3 is 2. The Morgan fingerprint density at radius 1 is 0.750 bits per heavy atom. The lowest BCUT2D eigenvalue weighted by atomic mass is 9.34. The van der Waals surface area contributed by atoms with E-state index >= 15 is 0 Å². The maximum Gasteiger partial charge on any atom is 0.221 e. The van der Waals surface area contributed by atoms with Crippen molar-refractivity contribution in [1.82, 2.24) is 0 Å². The molecule has 0 fully saturated rings. The Kier molecular flexibility index (Phi) is 4.72. The number of benzene rings is 2. The van der Waals surface area contributed by atoms with Crippen LogP contribution in [0.4, 0.5) is 0 Å². The molecule has 0 saturated heterocycles. The molecule has 2 nitrogen and oxygen atoms in total. The van der Waals surface area contributed by atoms with Gasteiger partial charge in [-0.25, -0.2) is 0 Å². The Morgan fingerprint density at radius 2 is 1.15 bits per heavy atom. The molecule has 0 spiro atoms. The summed E-state index contributed by atoms with van der Waals surface area (Å²) in [5.74, 6) is 2.30. The van der Waals surface area contributed by atoms with Gasteiger partial charge in [-0.2, -0.15) is 0 Å². The summed E-state index contributed by atoms with van der Waals surface area (Å²) in [7, 11) is 3.44. The second kappa shape index (κ2) is 6.51. The SMILES string of the molecule is COc1ccccc1B(c1ccccc1OC)C(C)C. The molecule has 3 heteroatoms. The summed E-state index contributed by atoms with van der Waals surface area (Å²) in [5, 5.41) is 0. The Balaban J connectivity index is 2.57. The average molecular weight is 268 g/mol. The van der Waals surface area contributed by atoms with Crippen molar-refractivity contribution in [3.8, 4) is 11.5 Å². The van der Waals surface area contributed by atoms with Gasteiger partial charge in [0, 0.05) is 0 Å². The van der Waals surface area contributed by atoms with Crippen LogP contribution in [0.3, 0.4) is 0 Å². The molecule has 0 aliphatic heterocycles. The van der Waals surface area contributed by atoms with E-state index in [0.717, 1.165) is 11.5 Å². The summed E-state index contributed by atoms with van der Waals surface area (Å²) < 4.78 is 11.1. The Bertz CT molecular complexity index is 519. The van der Waals surface area contributed by atoms with E-state index in [4.69, 9.17) is 9.47 Å². The average Bonchev–Trinajstić information content (AvgIpc) is 2.48. The lowest BCUT2D eigenvalue weighted by Gasteiger charge is -2.22. The zero-order valence-electron chi connectivity index (χ0n) is 12.6. The molecule has 0 aromatic heterocycles. The fraction of sp³-hybridized carbons (Fsp3) is 0.294. The first-order valence-corrected chi connectivity index (χ1v) is 6.94. The van der Waals surface area contributed by atoms with Gasteiger partial charge >= 0.3 is 0 Å². The van der Waals surface area contributed by atoms with Crippen LogP contribution in [-0.4, -0.2) is 20.9 Å². The predicted molar refractivity (Wildman–Crippen MR) is 86.1 cm³/mol. The summed E-state index contributed by atoms with van der Waals surface area (Å²) in [6, 6.07) is 16.4. The Labute approximate surface area is 121 Å². The van der Waals surface area contributed by atoms with Crippen molar-refractivity contribution in [2.75, 3.05) is 14.2 Å². The molecule has 20 heavy (non-hydrogen) atoms. The molecule has 2 aromatic carbocycles. The van der Waals surface area contributed by atoms with Gasteiger partial charge in [0.05, 0.1) is 14.2 Å². The molecule has 0 bridgehead atoms. The van der Waals surface area contributed by atoms with Gasteiger partial charge in [0.25, 0.3) is 0 Å². The highest BCUT2D eigenvalue weighted by molar-refractivity contribution is 6.87. The van der Waals surface area contributed by atoms with E-state index in [2.05, 4.69) is 38.1 Å². The molecular weight excluding hydrogens is 247 g/mol. The first kappa shape index (κ1) is 14.5. The maximum absolute atomic E-state index is 5.53. The molecule has 0 aliphatic carbocycles. The molecule has 0 amide bonds. The minimum absolute atomic E-state index is 0.252. The van der Waals surface area contributed by atoms with Crippen LogP contribution in [-0.2, 0) is 0 Å². The van der Waals surface area contributed by atoms with Crippen molar-refractivity contribution < 1.29 is 9.47 Å². The van der Waals surface area contributed by atoms with E-state index in [0.29, 0.717) is 5.82 Å². The van der Waals surface area contributed by atoms with Crippen LogP contribution in [0.5, 0.6) is 11.5 Å². The van der Waals surface area contributed by atoms with E-state index in [-0.39, 0.29) is 6.71 Å². The third kappa shape index (κ3) is 2.82. The van der Waals surface area contributed by atoms with Gasteiger partial charge in [-0.3, -0.25) is 0 Å². The monoisotopic (exact) mass is 268 g/mol. The standard InChI is InChI=1S/C17H21BO2/c1-13(2)18(14-9-5-7-11-16(14)19-3)15-10-6-8-12-17(15)20-4/h5-13H,1-4H3. The van der Waals surface area contributed by atoms with Crippen molar-refractivity contribution in [1.29, 1.82) is 0 Å². The highest BCUT2D eigenvalue weighted by Gasteiger charge is 2.28. The topological polar surface area (TPSA) is 18.5 Å². The fourth-order valence-corrected chi connectivity index (χ4v) is 2.73. The van der Waals surface area contributed by atoms with Crippen molar-refractivity contribution in [2.45, 2.75) is 19.7 Å². The van der Waals surface area contributed by atoms with E-state index in [1.165, 1.54) is 10.9 Å². The maximum atomic E-state index is 5.53. The molecule has 0 radical (unpaired) electrons. The Morgan fingerprint density at radius 3 is 1.50 bits per heavy atom. The van der Waals surface area contributed by atoms with E-state index < -0.39 is 0 Å². The van der Waals surface area contributed by atoms with Crippen LogP contribution in [0.15, 0.2) is 48.5 Å². The zero-order valence-corrected chi connectivity index (χ0v) is 12.6. The van der Waals surface area contributed by atoms with Crippen LogP contribution in [0.1, 0.15) is 13.8 Å². The lowest BCUT2D eigenvalue weighted by molar-refractivity contribution is 0.417. The molecule has 0 saturated carbocycles. The normalized spacial score (nSPS) is 10.4. The highest BCUT2D eigenvalue weighted by atomic mass is 16.5. The van der Waals surface area contributed by atoms with E-state index in [9.17, 15) is 0 Å². The van der Waals surface area contributed by atoms with Gasteiger partial charge in [0.1, 0.15) is 11.5 Å². The molecule has 0 unspecified atom stereocenters. The third-order valence-electron chi connectivity index (χ3n) is 3.61. The lowest BCUT2D eigenvalue weighted by Crippen LogP contribution is -2.45. The molecule has 0 heterocycles. The van der Waals surface area contributed by atoms with Crippen molar-refractivity contribution >= 4 is 17.6 Å². The van der Waals surface area contributed by atoms with Gasteiger partial charge in [0.2, 0.25) is 6.71 Å². The van der Waals surface area contributed by atoms with Crippen LogP contribution in [0.2, 0.25) is 5.82 Å². The second-order valence-corrected chi connectivity index (χ2v) is 5.21. The van der Waals surface area contributed by atoms with E-state index in [1.54, 1.807) is 14.2 Å². The number of hydrogen-bond acceptors (Lipinski definition) is 2. The molecule has 0 N–H and O–H groups in total. The number of hydrogen-bond donors (Lipinski definition) is 0. The predicted octanol–water partition coefficient (Wildman–Crippen LogP) is 2.72. The van der Waals surface area contributed by atoms with E-state index in [1.807, 2.05) is 24.3 Å². The first-order valence-electron chi connectivity index (χ1n) is 6.94. The zero-order chi connectivity index (χ0) is 14.5. The highest BCUT2D eigenvalue weighted by Crippen LogP contribution is 2.18. The number of ether oxygens (including phenoxy) is 2. The van der Waals surface area contributed by atoms with Gasteiger partial charge in [-0.05, 0) is 23.1 Å². The van der Waals surface area contributed by atoms with Gasteiger partial charge in [-0.15, -0.1) is 0 Å². The fourth-order valence-electron chi connectivity index (χ4n) is 2.73. The molecule has 0 atom stereocenters. The number of para-hydroxylation sites is 2. The van der Waals surface area contributed by atoms with Crippen LogP contribution in [0.25, 0.3) is 0 Å². The molecule has 2 rings (SSSR count). The summed E-state index contributed by atoms with van der Waals surface area (Å²) in [6.07, 6.45) is 0. The van der Waals surface area contributed by atoms with Crippen molar-refractivity contribution in [2.24, 2.45) is 0 Å². The van der Waals surface area contributed by atoms with Crippen LogP contribution < -0.4 is 20.4 Å². The van der Waals surface area contributed by atoms with Crippen molar-refractivity contribution in [3.05, 3.63) is 48.5 Å². The third-order valence-corrected chi connectivity index (χ3v) is 3.61. The van der Waals surface area contributed by atoms with Crippen molar-refractivity contribution in [3.63, 3.8) is 0 Å². The largest absolute Gasteiger partial charge is 0.497 e. The minimum atomic E-state index is 0.252. The number of rotatable bonds is 5. The summed E-state index contributed by atoms with van der Waals surface area (Å²) in [4.78, 5) is 0. The molecular formula is C17H21BO2. The minimum Gasteiger partial charge on any atom is -0.497 e. The smallest absolute Gasteiger partial charge is 0.221 e. The van der Waals surface area contributed by atoms with Crippen LogP contribution >= 0.6 is 0 Å². The second-order valence-electron chi connectivity index (χ2n) is 5.21. The molecule has 0 aliphatic rings. The van der Waals surface area contributed by atoms with Gasteiger partial charge in [-0.1, -0.05) is 56.1 Å². The summed E-state index contributed by atoms with van der Waals surface area (Å²) >= 11 is 0. The molecule has 104 valence electrons. The van der Waals surface area contributed by atoms with Gasteiger partial charge in [0.15, 0.2) is 0 Å². The molecule has 2 aromatic rings. The Hall–Kier alpha value is -1.90. The van der Waals surface area contributed by atoms with Crippen LogP contribution in [0, 0.1) is 0 Å². The van der Waals surface area contributed by atoms with Gasteiger partial charge < -0.3 is 9.47 Å². The summed E-state index contributed by atoms with van der Waals surface area (Å²) in [6.45, 7) is 4.70. The summed E-state index contributed by atoms with van der Waals surface area (Å²) in [5.41, 5.74) is 2.41. The first-order chi connectivity index (χ1) is 9.69.